The van der Waals surface area contributed by atoms with E-state index < -0.39 is 6.10 Å². The van der Waals surface area contributed by atoms with Crippen molar-refractivity contribution in [1.82, 2.24) is 0 Å². The van der Waals surface area contributed by atoms with E-state index in [0.29, 0.717) is 24.4 Å². The Morgan fingerprint density at radius 2 is 1.67 bits per heavy atom. The van der Waals surface area contributed by atoms with Gasteiger partial charge in [-0.15, -0.1) is 6.42 Å². The summed E-state index contributed by atoms with van der Waals surface area (Å²) in [5.74, 6) is 4.24. The van der Waals surface area contributed by atoms with Crippen LogP contribution in [0.3, 0.4) is 0 Å². The molecular weight excluding hydrogens is 444 g/mol. The fourth-order valence-corrected chi connectivity index (χ4v) is 11.1. The lowest BCUT2D eigenvalue weighted by Crippen LogP contribution is -2.66. The van der Waals surface area contributed by atoms with Gasteiger partial charge in [0.05, 0.1) is 18.8 Å². The van der Waals surface area contributed by atoms with Gasteiger partial charge in [-0.05, 0) is 97.2 Å². The second kappa shape index (κ2) is 8.34. The number of rotatable bonds is 3. The molecule has 0 bridgehead atoms. The van der Waals surface area contributed by atoms with Gasteiger partial charge in [0.2, 0.25) is 0 Å². The van der Waals surface area contributed by atoms with Crippen LogP contribution in [-0.2, 0) is 4.74 Å². The largest absolute Gasteiger partial charge is 0.396 e. The van der Waals surface area contributed by atoms with Crippen LogP contribution < -0.4 is 0 Å². The molecule has 5 rings (SSSR count). The minimum Gasteiger partial charge on any atom is -0.396 e. The number of aliphatic hydroxyl groups is 2. The highest BCUT2D eigenvalue weighted by Gasteiger charge is 2.69. The number of aliphatic hydroxyl groups excluding tert-OH is 2. The second-order valence-electron chi connectivity index (χ2n) is 15.6. The van der Waals surface area contributed by atoms with Crippen molar-refractivity contribution in [1.29, 1.82) is 0 Å². The van der Waals surface area contributed by atoms with Crippen LogP contribution in [0.4, 0.5) is 0 Å². The van der Waals surface area contributed by atoms with E-state index in [9.17, 15) is 10.2 Å². The molecule has 0 unspecified atom stereocenters. The van der Waals surface area contributed by atoms with E-state index in [-0.39, 0.29) is 45.2 Å². The maximum absolute atomic E-state index is 11.0. The first-order valence-electron chi connectivity index (χ1n) is 14.8. The van der Waals surface area contributed by atoms with Gasteiger partial charge in [0.1, 0.15) is 6.61 Å². The number of hydrogen-bond acceptors (Lipinski definition) is 3. The summed E-state index contributed by atoms with van der Waals surface area (Å²) >= 11 is 0. The van der Waals surface area contributed by atoms with Crippen LogP contribution >= 0.6 is 0 Å². The topological polar surface area (TPSA) is 49.7 Å². The monoisotopic (exact) mass is 496 g/mol. The summed E-state index contributed by atoms with van der Waals surface area (Å²) in [5, 5.41) is 21.4. The van der Waals surface area contributed by atoms with E-state index in [2.05, 4.69) is 60.5 Å². The molecule has 5 aliphatic carbocycles. The Morgan fingerprint density at radius 1 is 0.944 bits per heavy atom. The van der Waals surface area contributed by atoms with E-state index in [1.165, 1.54) is 25.7 Å². The van der Waals surface area contributed by atoms with Gasteiger partial charge in [-0.3, -0.25) is 0 Å². The van der Waals surface area contributed by atoms with Crippen LogP contribution in [0, 0.1) is 62.6 Å². The second-order valence-corrected chi connectivity index (χ2v) is 15.6. The van der Waals surface area contributed by atoms with Gasteiger partial charge in [0.25, 0.3) is 0 Å². The molecule has 4 fully saturated rings. The van der Waals surface area contributed by atoms with Crippen molar-refractivity contribution in [3.05, 3.63) is 11.6 Å². The van der Waals surface area contributed by atoms with E-state index in [4.69, 9.17) is 11.2 Å². The molecule has 0 saturated heterocycles. The maximum atomic E-state index is 11.0. The molecule has 3 nitrogen and oxygen atoms in total. The lowest BCUT2D eigenvalue weighted by atomic mass is 9.33. The third-order valence-corrected chi connectivity index (χ3v) is 13.6. The fraction of sp³-hybridized carbons (Fsp3) is 0.879. The Balaban J connectivity index is 1.56. The van der Waals surface area contributed by atoms with Crippen LogP contribution in [0.15, 0.2) is 11.6 Å². The van der Waals surface area contributed by atoms with Gasteiger partial charge in [0.15, 0.2) is 0 Å². The minimum absolute atomic E-state index is 0.0881. The molecule has 0 aromatic rings. The van der Waals surface area contributed by atoms with Crippen molar-refractivity contribution in [3.8, 4) is 12.3 Å². The third-order valence-electron chi connectivity index (χ3n) is 13.6. The lowest BCUT2D eigenvalue weighted by molar-refractivity contribution is -0.219. The fourth-order valence-electron chi connectivity index (χ4n) is 11.1. The summed E-state index contributed by atoms with van der Waals surface area (Å²) in [6.45, 7) is 17.7. The van der Waals surface area contributed by atoms with Gasteiger partial charge in [-0.25, -0.2) is 0 Å². The molecule has 0 aromatic heterocycles. The smallest absolute Gasteiger partial charge is 0.107 e. The molecule has 0 aromatic carbocycles. The quantitative estimate of drug-likeness (QED) is 0.335. The molecule has 0 aliphatic heterocycles. The Labute approximate surface area is 220 Å². The van der Waals surface area contributed by atoms with Crippen molar-refractivity contribution in [2.75, 3.05) is 13.2 Å². The van der Waals surface area contributed by atoms with E-state index in [1.807, 2.05) is 0 Å². The van der Waals surface area contributed by atoms with Crippen LogP contribution in [-0.4, -0.2) is 35.6 Å². The summed E-state index contributed by atoms with van der Waals surface area (Å²) in [5.41, 5.74) is 2.29. The molecule has 2 N–H and O–H groups in total. The molecule has 0 amide bonds. The summed E-state index contributed by atoms with van der Waals surface area (Å²) < 4.78 is 6.41. The standard InChI is InChI=1S/C33H52O3/c1-9-18-36-27-20-28(2,3)19-23-22-10-11-25-30(5)14-13-26(35)31(6,21-34)24(30)12-15-33(25,8)32(22,7)17-16-29(23,27)4/h1,10,23-27,34-35H,11-21H2,2-8H3/t23-,24+,25+,26-,27+,29+,30-,31+,32+,33+/m0/s1. The Bertz CT molecular complexity index is 960. The van der Waals surface area contributed by atoms with Crippen molar-refractivity contribution in [3.63, 3.8) is 0 Å². The predicted molar refractivity (Wildman–Crippen MR) is 146 cm³/mol. The minimum atomic E-state index is -0.394. The van der Waals surface area contributed by atoms with Gasteiger partial charge in [0, 0.05) is 10.8 Å². The average Bonchev–Trinajstić information content (AvgIpc) is 2.81. The lowest BCUT2D eigenvalue weighted by Gasteiger charge is -2.71. The molecule has 202 valence electrons. The molecular formula is C33H52O3. The molecule has 5 aliphatic rings. The van der Waals surface area contributed by atoms with Crippen LogP contribution in [0.2, 0.25) is 0 Å². The number of terminal acetylenes is 1. The van der Waals surface area contributed by atoms with Crippen LogP contribution in [0.1, 0.15) is 106 Å². The number of hydrogen-bond donors (Lipinski definition) is 2. The maximum Gasteiger partial charge on any atom is 0.107 e. The van der Waals surface area contributed by atoms with E-state index >= 15 is 0 Å². The summed E-state index contributed by atoms with van der Waals surface area (Å²) in [6.07, 6.45) is 18.2. The van der Waals surface area contributed by atoms with Crippen LogP contribution in [0.25, 0.3) is 0 Å². The first-order chi connectivity index (χ1) is 16.7. The molecule has 0 spiro atoms. The van der Waals surface area contributed by atoms with Gasteiger partial charge >= 0.3 is 0 Å². The Kier molecular flexibility index (Phi) is 6.20. The molecule has 36 heavy (non-hydrogen) atoms. The normalized spacial score (nSPS) is 53.7. The average molecular weight is 497 g/mol. The van der Waals surface area contributed by atoms with Crippen molar-refractivity contribution >= 4 is 0 Å². The van der Waals surface area contributed by atoms with Crippen molar-refractivity contribution in [2.24, 2.45) is 50.2 Å². The molecule has 0 heterocycles. The van der Waals surface area contributed by atoms with Gasteiger partial charge in [-0.1, -0.05) is 66.0 Å². The predicted octanol–water partition coefficient (Wildman–Crippen LogP) is 6.77. The van der Waals surface area contributed by atoms with Crippen LogP contribution in [0.5, 0.6) is 0 Å². The highest BCUT2D eigenvalue weighted by Crippen LogP contribution is 2.75. The molecule has 0 radical (unpaired) electrons. The molecule has 4 saturated carbocycles. The molecule has 3 heteroatoms. The van der Waals surface area contributed by atoms with Crippen molar-refractivity contribution in [2.45, 2.75) is 118 Å². The van der Waals surface area contributed by atoms with E-state index in [1.54, 1.807) is 5.57 Å². The first kappa shape index (κ1) is 26.8. The Morgan fingerprint density at radius 3 is 2.33 bits per heavy atom. The zero-order valence-electron chi connectivity index (χ0n) is 24.1. The number of allylic oxidation sites excluding steroid dienone is 2. The highest BCUT2D eigenvalue weighted by atomic mass is 16.5. The summed E-state index contributed by atoms with van der Waals surface area (Å²) in [7, 11) is 0. The number of ether oxygens (including phenoxy) is 1. The summed E-state index contributed by atoms with van der Waals surface area (Å²) in [6, 6.07) is 0. The summed E-state index contributed by atoms with van der Waals surface area (Å²) in [4.78, 5) is 0. The highest BCUT2D eigenvalue weighted by molar-refractivity contribution is 5.34. The number of fused-ring (bicyclic) bond motifs is 7. The zero-order valence-corrected chi connectivity index (χ0v) is 24.1. The molecule has 10 atom stereocenters. The van der Waals surface area contributed by atoms with Crippen molar-refractivity contribution < 1.29 is 14.9 Å². The first-order valence-corrected chi connectivity index (χ1v) is 14.8. The van der Waals surface area contributed by atoms with E-state index in [0.717, 1.165) is 32.1 Å². The Hall–Kier alpha value is -0.820. The zero-order chi connectivity index (χ0) is 26.4. The van der Waals surface area contributed by atoms with Gasteiger partial charge < -0.3 is 14.9 Å². The third kappa shape index (κ3) is 3.36. The van der Waals surface area contributed by atoms with Gasteiger partial charge in [-0.2, -0.15) is 0 Å². The SMILES string of the molecule is C#CCO[C@@H]1CC(C)(C)C[C@H]2C3=CC[C@@H]4[C@@]5(C)CC[C@H](O)[C@](C)(CO)[C@@H]5CC[C@@]4(C)[C@]3(C)CC[C@@]12C.